The summed E-state index contributed by atoms with van der Waals surface area (Å²) in [5.74, 6) is 2.79. The Hall–Kier alpha value is -1.33. The van der Waals surface area contributed by atoms with Gasteiger partial charge in [-0.25, -0.2) is 9.67 Å². The molecular weight excluding hydrogens is 244 g/mol. The molecule has 2 aromatic rings. The highest BCUT2D eigenvalue weighted by Gasteiger charge is 2.08. The fraction of sp³-hybridized carbons (Fsp3) is 0.385. The minimum absolute atomic E-state index is 0.579. The standard InChI is InChI=1S/C13H18N4S/c1-3-18-11-6-4-10(5-7-11)13-15-12(8-9-14)16-17(13)2/h4-7H,3,8-9,14H2,1-2H3. The first-order chi connectivity index (χ1) is 8.74. The average Bonchev–Trinajstić information content (AvgIpc) is 2.72. The predicted octanol–water partition coefficient (Wildman–Crippen LogP) is 2.10. The minimum Gasteiger partial charge on any atom is -0.330 e. The van der Waals surface area contributed by atoms with Gasteiger partial charge in [-0.2, -0.15) is 5.10 Å². The van der Waals surface area contributed by atoms with Crippen LogP contribution >= 0.6 is 11.8 Å². The van der Waals surface area contributed by atoms with E-state index in [4.69, 9.17) is 5.73 Å². The van der Waals surface area contributed by atoms with Crippen molar-refractivity contribution in [3.05, 3.63) is 30.1 Å². The first-order valence-corrected chi connectivity index (χ1v) is 7.06. The van der Waals surface area contributed by atoms with Crippen molar-refractivity contribution in [1.82, 2.24) is 14.8 Å². The molecule has 0 saturated heterocycles. The number of aryl methyl sites for hydroxylation is 1. The summed E-state index contributed by atoms with van der Waals surface area (Å²) in [5, 5.41) is 4.36. The molecule has 0 bridgehead atoms. The minimum atomic E-state index is 0.579. The van der Waals surface area contributed by atoms with Crippen LogP contribution in [0.2, 0.25) is 0 Å². The van der Waals surface area contributed by atoms with Gasteiger partial charge in [-0.05, 0) is 24.4 Å². The number of hydrogen-bond donors (Lipinski definition) is 1. The van der Waals surface area contributed by atoms with Crippen LogP contribution in [-0.2, 0) is 13.5 Å². The molecule has 4 nitrogen and oxygen atoms in total. The van der Waals surface area contributed by atoms with Gasteiger partial charge >= 0.3 is 0 Å². The number of nitrogens with zero attached hydrogens (tertiary/aromatic N) is 3. The molecule has 0 radical (unpaired) electrons. The van der Waals surface area contributed by atoms with Gasteiger partial charge in [0.2, 0.25) is 0 Å². The summed E-state index contributed by atoms with van der Waals surface area (Å²) in [6.07, 6.45) is 0.720. The number of thioether (sulfide) groups is 1. The Balaban J connectivity index is 2.24. The summed E-state index contributed by atoms with van der Waals surface area (Å²) in [6.45, 7) is 2.73. The summed E-state index contributed by atoms with van der Waals surface area (Å²) < 4.78 is 1.81. The zero-order chi connectivity index (χ0) is 13.0. The maximum Gasteiger partial charge on any atom is 0.158 e. The summed E-state index contributed by atoms with van der Waals surface area (Å²) >= 11 is 1.84. The van der Waals surface area contributed by atoms with E-state index in [0.29, 0.717) is 6.54 Å². The van der Waals surface area contributed by atoms with Gasteiger partial charge in [-0.3, -0.25) is 0 Å². The van der Waals surface area contributed by atoms with Gasteiger partial charge in [-0.1, -0.05) is 19.1 Å². The molecule has 0 amide bonds. The van der Waals surface area contributed by atoms with Crippen LogP contribution in [0.25, 0.3) is 11.4 Å². The van der Waals surface area contributed by atoms with Gasteiger partial charge in [-0.15, -0.1) is 11.8 Å². The third-order valence-electron chi connectivity index (χ3n) is 2.60. The summed E-state index contributed by atoms with van der Waals surface area (Å²) in [7, 11) is 1.91. The Kier molecular flexibility index (Phi) is 4.38. The SMILES string of the molecule is CCSc1ccc(-c2nc(CCN)nn2C)cc1. The lowest BCUT2D eigenvalue weighted by Crippen LogP contribution is -2.04. The Morgan fingerprint density at radius 1 is 1.28 bits per heavy atom. The molecular formula is C13H18N4S. The molecule has 1 heterocycles. The van der Waals surface area contributed by atoms with E-state index in [1.54, 1.807) is 0 Å². The van der Waals surface area contributed by atoms with Crippen molar-refractivity contribution in [3.8, 4) is 11.4 Å². The zero-order valence-electron chi connectivity index (χ0n) is 10.8. The fourth-order valence-corrected chi connectivity index (χ4v) is 2.45. The largest absolute Gasteiger partial charge is 0.330 e. The van der Waals surface area contributed by atoms with E-state index in [2.05, 4.69) is 41.3 Å². The number of rotatable bonds is 5. The quantitative estimate of drug-likeness (QED) is 0.838. The lowest BCUT2D eigenvalue weighted by molar-refractivity contribution is 0.744. The van der Waals surface area contributed by atoms with Crippen molar-refractivity contribution >= 4 is 11.8 Å². The molecule has 2 rings (SSSR count). The van der Waals surface area contributed by atoms with E-state index >= 15 is 0 Å². The van der Waals surface area contributed by atoms with E-state index in [1.165, 1.54) is 4.90 Å². The molecule has 1 aromatic heterocycles. The van der Waals surface area contributed by atoms with E-state index in [-0.39, 0.29) is 0 Å². The second-order valence-corrected chi connectivity index (χ2v) is 5.31. The van der Waals surface area contributed by atoms with Crippen LogP contribution in [0.15, 0.2) is 29.2 Å². The van der Waals surface area contributed by atoms with Crippen LogP contribution in [0.4, 0.5) is 0 Å². The summed E-state index contributed by atoms with van der Waals surface area (Å²) in [6, 6.07) is 8.43. The van der Waals surface area contributed by atoms with Crippen molar-refractivity contribution in [3.63, 3.8) is 0 Å². The van der Waals surface area contributed by atoms with Crippen molar-refractivity contribution < 1.29 is 0 Å². The van der Waals surface area contributed by atoms with Gasteiger partial charge in [0, 0.05) is 23.9 Å². The number of benzene rings is 1. The molecule has 1 aromatic carbocycles. The molecule has 5 heteroatoms. The van der Waals surface area contributed by atoms with Gasteiger partial charge in [0.25, 0.3) is 0 Å². The van der Waals surface area contributed by atoms with E-state index in [1.807, 2.05) is 23.5 Å². The predicted molar refractivity (Wildman–Crippen MR) is 75.6 cm³/mol. The highest BCUT2D eigenvalue weighted by atomic mass is 32.2. The fourth-order valence-electron chi connectivity index (χ4n) is 1.79. The third-order valence-corrected chi connectivity index (χ3v) is 3.49. The van der Waals surface area contributed by atoms with Gasteiger partial charge < -0.3 is 5.73 Å². The molecule has 0 saturated carbocycles. The Labute approximate surface area is 112 Å². The lowest BCUT2D eigenvalue weighted by Gasteiger charge is -2.02. The molecule has 18 heavy (non-hydrogen) atoms. The molecule has 0 atom stereocenters. The summed E-state index contributed by atoms with van der Waals surface area (Å²) in [4.78, 5) is 5.79. The van der Waals surface area contributed by atoms with E-state index < -0.39 is 0 Å². The smallest absolute Gasteiger partial charge is 0.158 e. The Bertz CT molecular complexity index is 504. The van der Waals surface area contributed by atoms with Gasteiger partial charge in [0.1, 0.15) is 0 Å². The highest BCUT2D eigenvalue weighted by Crippen LogP contribution is 2.22. The molecule has 0 fully saturated rings. The maximum absolute atomic E-state index is 5.52. The molecule has 0 aliphatic carbocycles. The van der Waals surface area contributed by atoms with E-state index in [0.717, 1.165) is 29.4 Å². The van der Waals surface area contributed by atoms with Crippen molar-refractivity contribution in [2.45, 2.75) is 18.2 Å². The van der Waals surface area contributed by atoms with Crippen molar-refractivity contribution in [2.75, 3.05) is 12.3 Å². The van der Waals surface area contributed by atoms with Crippen molar-refractivity contribution in [2.24, 2.45) is 12.8 Å². The van der Waals surface area contributed by atoms with Crippen LogP contribution in [0.5, 0.6) is 0 Å². The Morgan fingerprint density at radius 3 is 2.61 bits per heavy atom. The van der Waals surface area contributed by atoms with Gasteiger partial charge in [0.05, 0.1) is 0 Å². The number of nitrogens with two attached hydrogens (primary N) is 1. The molecule has 2 N–H and O–H groups in total. The van der Waals surface area contributed by atoms with Crippen molar-refractivity contribution in [1.29, 1.82) is 0 Å². The second-order valence-electron chi connectivity index (χ2n) is 3.97. The zero-order valence-corrected chi connectivity index (χ0v) is 11.6. The van der Waals surface area contributed by atoms with Gasteiger partial charge in [0.15, 0.2) is 11.6 Å². The number of aromatic nitrogens is 3. The maximum atomic E-state index is 5.52. The van der Waals surface area contributed by atoms with Crippen LogP contribution in [0, 0.1) is 0 Å². The topological polar surface area (TPSA) is 56.7 Å². The van der Waals surface area contributed by atoms with Crippen LogP contribution in [0.3, 0.4) is 0 Å². The highest BCUT2D eigenvalue weighted by molar-refractivity contribution is 7.99. The Morgan fingerprint density at radius 2 is 2.00 bits per heavy atom. The second kappa shape index (κ2) is 6.02. The normalized spacial score (nSPS) is 10.8. The average molecular weight is 262 g/mol. The first kappa shape index (κ1) is 13.1. The summed E-state index contributed by atoms with van der Waals surface area (Å²) in [5.41, 5.74) is 6.61. The molecule has 0 spiro atoms. The molecule has 0 unspecified atom stereocenters. The van der Waals surface area contributed by atoms with Crippen LogP contribution in [0.1, 0.15) is 12.7 Å². The van der Waals surface area contributed by atoms with E-state index in [9.17, 15) is 0 Å². The lowest BCUT2D eigenvalue weighted by atomic mass is 10.2. The monoisotopic (exact) mass is 262 g/mol. The number of hydrogen-bond acceptors (Lipinski definition) is 4. The van der Waals surface area contributed by atoms with Crippen LogP contribution < -0.4 is 5.73 Å². The third kappa shape index (κ3) is 2.91. The van der Waals surface area contributed by atoms with Crippen LogP contribution in [-0.4, -0.2) is 27.1 Å². The first-order valence-electron chi connectivity index (χ1n) is 6.07. The molecule has 96 valence electrons. The molecule has 0 aliphatic heterocycles. The molecule has 0 aliphatic rings.